The molecule has 0 saturated heterocycles. The van der Waals surface area contributed by atoms with Crippen molar-refractivity contribution >= 4 is 5.69 Å². The maximum atomic E-state index is 13.8. The van der Waals surface area contributed by atoms with Crippen LogP contribution in [0.3, 0.4) is 0 Å². The highest BCUT2D eigenvalue weighted by Crippen LogP contribution is 2.36. The Hall–Kier alpha value is -2.24. The van der Waals surface area contributed by atoms with Crippen molar-refractivity contribution in [2.75, 3.05) is 5.73 Å². The average molecular weight is 271 g/mol. The zero-order valence-electron chi connectivity index (χ0n) is 9.54. The van der Waals surface area contributed by atoms with Gasteiger partial charge in [-0.15, -0.1) is 13.2 Å². The zero-order valence-corrected chi connectivity index (χ0v) is 9.54. The first-order valence-corrected chi connectivity index (χ1v) is 5.27. The highest BCUT2D eigenvalue weighted by atomic mass is 19.4. The van der Waals surface area contributed by atoms with Gasteiger partial charge < -0.3 is 10.5 Å². The van der Waals surface area contributed by atoms with Gasteiger partial charge in [-0.25, -0.2) is 4.39 Å². The van der Waals surface area contributed by atoms with Crippen molar-refractivity contribution in [3.63, 3.8) is 0 Å². The molecule has 2 rings (SSSR count). The maximum absolute atomic E-state index is 13.8. The summed E-state index contributed by atoms with van der Waals surface area (Å²) in [5.41, 5.74) is 5.21. The number of halogens is 4. The van der Waals surface area contributed by atoms with Crippen LogP contribution in [0.15, 0.2) is 42.5 Å². The number of rotatable bonds is 2. The van der Waals surface area contributed by atoms with Crippen molar-refractivity contribution in [2.45, 2.75) is 6.36 Å². The number of hydrogen-bond donors (Lipinski definition) is 1. The molecule has 0 spiro atoms. The third-order valence-corrected chi connectivity index (χ3v) is 2.43. The monoisotopic (exact) mass is 271 g/mol. The number of anilines is 1. The molecule has 2 aromatic rings. The lowest BCUT2D eigenvalue weighted by molar-refractivity contribution is -0.274. The normalized spacial score (nSPS) is 11.4. The van der Waals surface area contributed by atoms with E-state index in [-0.39, 0.29) is 16.8 Å². The third kappa shape index (κ3) is 2.96. The van der Waals surface area contributed by atoms with Crippen LogP contribution in [0.2, 0.25) is 0 Å². The molecule has 2 N–H and O–H groups in total. The van der Waals surface area contributed by atoms with Crippen LogP contribution in [-0.2, 0) is 0 Å². The summed E-state index contributed by atoms with van der Waals surface area (Å²) in [5.74, 6) is -1.25. The van der Waals surface area contributed by atoms with Gasteiger partial charge in [0.25, 0.3) is 0 Å². The summed E-state index contributed by atoms with van der Waals surface area (Å²) in [7, 11) is 0. The molecule has 0 aliphatic carbocycles. The second kappa shape index (κ2) is 4.79. The zero-order chi connectivity index (χ0) is 14.0. The molecule has 19 heavy (non-hydrogen) atoms. The average Bonchev–Trinajstić information content (AvgIpc) is 2.32. The number of benzene rings is 2. The number of nitrogens with two attached hydrogens (primary N) is 1. The number of ether oxygens (including phenoxy) is 1. The molecule has 2 aromatic carbocycles. The minimum absolute atomic E-state index is 0.00961. The Morgan fingerprint density at radius 3 is 2.21 bits per heavy atom. The largest absolute Gasteiger partial charge is 0.573 e. The molecular formula is C13H9F4NO. The summed E-state index contributed by atoms with van der Waals surface area (Å²) in [6.45, 7) is 0. The lowest BCUT2D eigenvalue weighted by Gasteiger charge is -2.14. The topological polar surface area (TPSA) is 35.2 Å². The van der Waals surface area contributed by atoms with Gasteiger partial charge in [0.2, 0.25) is 0 Å². The van der Waals surface area contributed by atoms with Gasteiger partial charge in [-0.05, 0) is 12.1 Å². The Bertz CT molecular complexity index is 595. The fraction of sp³-hybridized carbons (Fsp3) is 0.0769. The van der Waals surface area contributed by atoms with Gasteiger partial charge in [0, 0.05) is 11.1 Å². The van der Waals surface area contributed by atoms with Crippen molar-refractivity contribution in [3.8, 4) is 16.9 Å². The highest BCUT2D eigenvalue weighted by molar-refractivity contribution is 5.73. The van der Waals surface area contributed by atoms with Crippen molar-refractivity contribution < 1.29 is 22.3 Å². The summed E-state index contributed by atoms with van der Waals surface area (Å²) in [4.78, 5) is 0. The van der Waals surface area contributed by atoms with Crippen molar-refractivity contribution in [1.82, 2.24) is 0 Å². The van der Waals surface area contributed by atoms with E-state index in [0.717, 1.165) is 6.07 Å². The molecule has 0 heterocycles. The van der Waals surface area contributed by atoms with Crippen LogP contribution < -0.4 is 10.5 Å². The molecule has 0 atom stereocenters. The summed E-state index contributed by atoms with van der Waals surface area (Å²) in [5, 5.41) is 0. The van der Waals surface area contributed by atoms with Crippen molar-refractivity contribution in [3.05, 3.63) is 48.3 Å². The van der Waals surface area contributed by atoms with E-state index < -0.39 is 17.9 Å². The van der Waals surface area contributed by atoms with Crippen LogP contribution in [-0.4, -0.2) is 6.36 Å². The first kappa shape index (κ1) is 13.2. The molecule has 0 unspecified atom stereocenters. The van der Waals surface area contributed by atoms with Crippen molar-refractivity contribution in [2.24, 2.45) is 0 Å². The van der Waals surface area contributed by atoms with Crippen LogP contribution in [0, 0.1) is 5.82 Å². The minimum atomic E-state index is -4.84. The van der Waals surface area contributed by atoms with E-state index >= 15 is 0 Å². The molecule has 0 radical (unpaired) electrons. The van der Waals surface area contributed by atoms with E-state index in [4.69, 9.17) is 5.73 Å². The summed E-state index contributed by atoms with van der Waals surface area (Å²) in [6.07, 6.45) is -4.84. The van der Waals surface area contributed by atoms with Crippen LogP contribution in [0.25, 0.3) is 11.1 Å². The maximum Gasteiger partial charge on any atom is 0.573 e. The molecule has 100 valence electrons. The Balaban J connectivity index is 2.54. The predicted molar refractivity (Wildman–Crippen MR) is 62.9 cm³/mol. The molecule has 0 saturated carbocycles. The number of para-hydroxylation sites is 1. The Morgan fingerprint density at radius 2 is 1.53 bits per heavy atom. The molecule has 0 aliphatic rings. The van der Waals surface area contributed by atoms with Crippen LogP contribution in [0.5, 0.6) is 5.75 Å². The minimum Gasteiger partial charge on any atom is -0.405 e. The van der Waals surface area contributed by atoms with E-state index in [1.807, 2.05) is 0 Å². The Morgan fingerprint density at radius 1 is 0.895 bits per heavy atom. The predicted octanol–water partition coefficient (Wildman–Crippen LogP) is 3.97. The Labute approximate surface area is 106 Å². The van der Waals surface area contributed by atoms with Gasteiger partial charge in [-0.2, -0.15) is 0 Å². The molecule has 2 nitrogen and oxygen atoms in total. The smallest absolute Gasteiger partial charge is 0.405 e. The fourth-order valence-electron chi connectivity index (χ4n) is 1.66. The third-order valence-electron chi connectivity index (χ3n) is 2.43. The number of hydrogen-bond acceptors (Lipinski definition) is 2. The number of alkyl halides is 3. The summed E-state index contributed by atoms with van der Waals surface area (Å²) < 4.78 is 54.5. The molecule has 0 fully saturated rings. The van der Waals surface area contributed by atoms with Crippen molar-refractivity contribution in [1.29, 1.82) is 0 Å². The molecule has 6 heteroatoms. The fourth-order valence-corrected chi connectivity index (χ4v) is 1.66. The molecule has 0 aromatic heterocycles. The van der Waals surface area contributed by atoms with Crippen LogP contribution in [0.4, 0.5) is 23.2 Å². The first-order chi connectivity index (χ1) is 8.88. The second-order valence-electron chi connectivity index (χ2n) is 3.75. The summed E-state index contributed by atoms with van der Waals surface area (Å²) >= 11 is 0. The van der Waals surface area contributed by atoms with E-state index in [0.29, 0.717) is 0 Å². The Kier molecular flexibility index (Phi) is 3.33. The molecule has 0 bridgehead atoms. The van der Waals surface area contributed by atoms with E-state index in [2.05, 4.69) is 4.74 Å². The van der Waals surface area contributed by atoms with Gasteiger partial charge >= 0.3 is 6.36 Å². The van der Waals surface area contributed by atoms with E-state index in [1.165, 1.54) is 36.4 Å². The van der Waals surface area contributed by atoms with Gasteiger partial charge in [-0.1, -0.05) is 30.3 Å². The SMILES string of the molecule is Nc1cccc(-c2ccccc2OC(F)(F)F)c1F. The molecular weight excluding hydrogens is 262 g/mol. The molecule has 0 amide bonds. The number of nitrogen functional groups attached to an aromatic ring is 1. The quantitative estimate of drug-likeness (QED) is 0.662. The van der Waals surface area contributed by atoms with Gasteiger partial charge in [0.05, 0.1) is 5.69 Å². The first-order valence-electron chi connectivity index (χ1n) is 5.27. The molecule has 0 aliphatic heterocycles. The highest BCUT2D eigenvalue weighted by Gasteiger charge is 2.32. The van der Waals surface area contributed by atoms with Crippen LogP contribution >= 0.6 is 0 Å². The lowest BCUT2D eigenvalue weighted by Crippen LogP contribution is -2.17. The van der Waals surface area contributed by atoms with Gasteiger partial charge in [-0.3, -0.25) is 0 Å². The summed E-state index contributed by atoms with van der Waals surface area (Å²) in [6, 6.07) is 9.43. The van der Waals surface area contributed by atoms with Gasteiger partial charge in [0.15, 0.2) is 5.82 Å². The van der Waals surface area contributed by atoms with E-state index in [1.54, 1.807) is 0 Å². The van der Waals surface area contributed by atoms with Crippen LogP contribution in [0.1, 0.15) is 0 Å². The second-order valence-corrected chi connectivity index (χ2v) is 3.75. The standard InChI is InChI=1S/C13H9F4NO/c14-12-9(5-3-6-10(12)18)8-4-1-2-7-11(8)19-13(15,16)17/h1-7H,18H2. The lowest BCUT2D eigenvalue weighted by atomic mass is 10.0. The van der Waals surface area contributed by atoms with E-state index in [9.17, 15) is 17.6 Å². The van der Waals surface area contributed by atoms with Gasteiger partial charge in [0.1, 0.15) is 5.75 Å².